The molecule has 24 heavy (non-hydrogen) atoms. The van der Waals surface area contributed by atoms with Crippen LogP contribution in [0.4, 0.5) is 5.69 Å². The summed E-state index contributed by atoms with van der Waals surface area (Å²) >= 11 is 0. The lowest BCUT2D eigenvalue weighted by Gasteiger charge is -2.06. The van der Waals surface area contributed by atoms with Gasteiger partial charge in [0.1, 0.15) is 5.75 Å². The molecule has 0 radical (unpaired) electrons. The van der Waals surface area contributed by atoms with E-state index in [-0.39, 0.29) is 5.91 Å². The van der Waals surface area contributed by atoms with Crippen LogP contribution in [0.2, 0.25) is 0 Å². The minimum absolute atomic E-state index is 0.182. The molecule has 1 heterocycles. The minimum atomic E-state index is -0.182. The summed E-state index contributed by atoms with van der Waals surface area (Å²) in [7, 11) is 0. The standard InChI is InChI=1S/C19H19N3O2/c1-2-24-18-10-8-17(9-11-18)21-19(23)16-12-20-22(14-16)13-15-6-4-3-5-7-15/h3-12,14H,2,13H2,1H3,(H,21,23). The van der Waals surface area contributed by atoms with Crippen molar-refractivity contribution in [2.24, 2.45) is 0 Å². The van der Waals surface area contributed by atoms with Gasteiger partial charge in [0.15, 0.2) is 0 Å². The second kappa shape index (κ2) is 7.46. The van der Waals surface area contributed by atoms with Crippen LogP contribution in [-0.4, -0.2) is 22.3 Å². The van der Waals surface area contributed by atoms with E-state index in [0.717, 1.165) is 17.0 Å². The molecular formula is C19H19N3O2. The molecule has 0 fully saturated rings. The average molecular weight is 321 g/mol. The molecule has 122 valence electrons. The lowest BCUT2D eigenvalue weighted by molar-refractivity contribution is 0.102. The molecule has 3 rings (SSSR count). The molecule has 0 spiro atoms. The van der Waals surface area contributed by atoms with Crippen molar-refractivity contribution in [2.45, 2.75) is 13.5 Å². The Labute approximate surface area is 140 Å². The number of hydrogen-bond acceptors (Lipinski definition) is 3. The van der Waals surface area contributed by atoms with Crippen LogP contribution >= 0.6 is 0 Å². The van der Waals surface area contributed by atoms with Gasteiger partial charge in [-0.1, -0.05) is 30.3 Å². The van der Waals surface area contributed by atoms with Gasteiger partial charge in [-0.3, -0.25) is 9.48 Å². The maximum absolute atomic E-state index is 12.3. The second-order valence-electron chi connectivity index (χ2n) is 5.32. The van der Waals surface area contributed by atoms with Crippen molar-refractivity contribution in [1.82, 2.24) is 9.78 Å². The molecule has 5 nitrogen and oxygen atoms in total. The smallest absolute Gasteiger partial charge is 0.258 e. The molecule has 0 saturated heterocycles. The number of carbonyl (C=O) groups excluding carboxylic acids is 1. The zero-order chi connectivity index (χ0) is 16.8. The monoisotopic (exact) mass is 321 g/mol. The average Bonchev–Trinajstić information content (AvgIpc) is 3.06. The largest absolute Gasteiger partial charge is 0.494 e. The highest BCUT2D eigenvalue weighted by molar-refractivity contribution is 6.03. The normalized spacial score (nSPS) is 10.4. The molecular weight excluding hydrogens is 302 g/mol. The van der Waals surface area contributed by atoms with Crippen molar-refractivity contribution in [3.8, 4) is 5.75 Å². The van der Waals surface area contributed by atoms with E-state index < -0.39 is 0 Å². The molecule has 0 aliphatic heterocycles. The molecule has 5 heteroatoms. The number of nitrogens with one attached hydrogen (secondary N) is 1. The predicted molar refractivity (Wildman–Crippen MR) is 93.3 cm³/mol. The molecule has 3 aromatic rings. The summed E-state index contributed by atoms with van der Waals surface area (Å²) < 4.78 is 7.14. The Bertz CT molecular complexity index is 795. The van der Waals surface area contributed by atoms with Crippen molar-refractivity contribution in [1.29, 1.82) is 0 Å². The molecule has 2 aromatic carbocycles. The number of ether oxygens (including phenoxy) is 1. The molecule has 0 bridgehead atoms. The van der Waals surface area contributed by atoms with E-state index in [1.807, 2.05) is 61.5 Å². The van der Waals surface area contributed by atoms with Gasteiger partial charge in [-0.05, 0) is 36.8 Å². The highest BCUT2D eigenvalue weighted by Gasteiger charge is 2.09. The van der Waals surface area contributed by atoms with Gasteiger partial charge in [0.25, 0.3) is 5.91 Å². The van der Waals surface area contributed by atoms with Crippen LogP contribution in [0.5, 0.6) is 5.75 Å². The number of carbonyl (C=O) groups is 1. The van der Waals surface area contributed by atoms with Crippen LogP contribution in [0.25, 0.3) is 0 Å². The van der Waals surface area contributed by atoms with Gasteiger partial charge in [0.2, 0.25) is 0 Å². The van der Waals surface area contributed by atoms with Crippen molar-refractivity contribution in [3.05, 3.63) is 78.1 Å². The number of benzene rings is 2. The number of nitrogens with zero attached hydrogens (tertiary/aromatic N) is 2. The van der Waals surface area contributed by atoms with E-state index in [1.54, 1.807) is 17.1 Å². The third-order valence-corrected chi connectivity index (χ3v) is 3.51. The molecule has 1 amide bonds. The van der Waals surface area contributed by atoms with E-state index >= 15 is 0 Å². The molecule has 0 unspecified atom stereocenters. The van der Waals surface area contributed by atoms with Crippen LogP contribution in [0.3, 0.4) is 0 Å². The van der Waals surface area contributed by atoms with Crippen molar-refractivity contribution >= 4 is 11.6 Å². The molecule has 0 saturated carbocycles. The molecule has 0 aliphatic carbocycles. The predicted octanol–water partition coefficient (Wildman–Crippen LogP) is 3.58. The van der Waals surface area contributed by atoms with E-state index in [9.17, 15) is 4.79 Å². The Morgan fingerprint density at radius 2 is 1.88 bits per heavy atom. The zero-order valence-corrected chi connectivity index (χ0v) is 13.5. The molecule has 1 N–H and O–H groups in total. The Morgan fingerprint density at radius 1 is 1.12 bits per heavy atom. The fraction of sp³-hybridized carbons (Fsp3) is 0.158. The van der Waals surface area contributed by atoms with Crippen LogP contribution in [0, 0.1) is 0 Å². The Balaban J connectivity index is 1.63. The van der Waals surface area contributed by atoms with Crippen LogP contribution < -0.4 is 10.1 Å². The van der Waals surface area contributed by atoms with Crippen LogP contribution in [0.15, 0.2) is 67.0 Å². The summed E-state index contributed by atoms with van der Waals surface area (Å²) in [6.07, 6.45) is 3.32. The highest BCUT2D eigenvalue weighted by atomic mass is 16.5. The maximum atomic E-state index is 12.3. The second-order valence-corrected chi connectivity index (χ2v) is 5.32. The number of rotatable bonds is 6. The number of hydrogen-bond donors (Lipinski definition) is 1. The van der Waals surface area contributed by atoms with Gasteiger partial charge >= 0.3 is 0 Å². The van der Waals surface area contributed by atoms with Gasteiger partial charge in [0, 0.05) is 11.9 Å². The number of anilines is 1. The Morgan fingerprint density at radius 3 is 2.58 bits per heavy atom. The Kier molecular flexibility index (Phi) is 4.91. The first-order chi connectivity index (χ1) is 11.7. The van der Waals surface area contributed by atoms with Crippen molar-refractivity contribution in [3.63, 3.8) is 0 Å². The minimum Gasteiger partial charge on any atom is -0.494 e. The number of amides is 1. The summed E-state index contributed by atoms with van der Waals surface area (Å²) in [5, 5.41) is 7.11. The number of aromatic nitrogens is 2. The molecule has 0 atom stereocenters. The zero-order valence-electron chi connectivity index (χ0n) is 13.5. The molecule has 0 aliphatic rings. The van der Waals surface area contributed by atoms with Gasteiger partial charge in [-0.15, -0.1) is 0 Å². The van der Waals surface area contributed by atoms with E-state index in [1.165, 1.54) is 0 Å². The first-order valence-electron chi connectivity index (χ1n) is 7.85. The van der Waals surface area contributed by atoms with Gasteiger partial charge in [0.05, 0.1) is 24.9 Å². The van der Waals surface area contributed by atoms with E-state index in [2.05, 4.69) is 10.4 Å². The highest BCUT2D eigenvalue weighted by Crippen LogP contribution is 2.16. The fourth-order valence-corrected chi connectivity index (χ4v) is 2.34. The third-order valence-electron chi connectivity index (χ3n) is 3.51. The fourth-order valence-electron chi connectivity index (χ4n) is 2.34. The summed E-state index contributed by atoms with van der Waals surface area (Å²) in [6, 6.07) is 17.3. The van der Waals surface area contributed by atoms with Gasteiger partial charge < -0.3 is 10.1 Å². The third kappa shape index (κ3) is 4.01. The van der Waals surface area contributed by atoms with Gasteiger partial charge in [-0.25, -0.2) is 0 Å². The van der Waals surface area contributed by atoms with Crippen molar-refractivity contribution in [2.75, 3.05) is 11.9 Å². The first-order valence-corrected chi connectivity index (χ1v) is 7.85. The summed E-state index contributed by atoms with van der Waals surface area (Å²) in [4.78, 5) is 12.3. The first kappa shape index (κ1) is 15.8. The van der Waals surface area contributed by atoms with Crippen LogP contribution in [0.1, 0.15) is 22.8 Å². The van der Waals surface area contributed by atoms with Crippen molar-refractivity contribution < 1.29 is 9.53 Å². The Hall–Kier alpha value is -3.08. The summed E-state index contributed by atoms with van der Waals surface area (Å²) in [6.45, 7) is 3.19. The van der Waals surface area contributed by atoms with Crippen LogP contribution in [-0.2, 0) is 6.54 Å². The SMILES string of the molecule is CCOc1ccc(NC(=O)c2cnn(Cc3ccccc3)c2)cc1. The molecule has 1 aromatic heterocycles. The summed E-state index contributed by atoms with van der Waals surface area (Å²) in [5.74, 6) is 0.602. The summed E-state index contributed by atoms with van der Waals surface area (Å²) in [5.41, 5.74) is 2.39. The lowest BCUT2D eigenvalue weighted by atomic mass is 10.2. The van der Waals surface area contributed by atoms with Gasteiger partial charge in [-0.2, -0.15) is 5.10 Å². The maximum Gasteiger partial charge on any atom is 0.258 e. The van der Waals surface area contributed by atoms with E-state index in [4.69, 9.17) is 4.74 Å². The van der Waals surface area contributed by atoms with E-state index in [0.29, 0.717) is 18.7 Å². The quantitative estimate of drug-likeness (QED) is 0.755. The lowest BCUT2D eigenvalue weighted by Crippen LogP contribution is -2.11. The topological polar surface area (TPSA) is 56.1 Å².